The van der Waals surface area contributed by atoms with E-state index in [1.54, 1.807) is 13.3 Å². The molecule has 1 amide bonds. The Hall–Kier alpha value is -2.82. The summed E-state index contributed by atoms with van der Waals surface area (Å²) in [5.41, 5.74) is 2.63. The molecule has 0 unspecified atom stereocenters. The number of ether oxygens (including phenoxy) is 1. The van der Waals surface area contributed by atoms with Crippen LogP contribution in [0.15, 0.2) is 47.1 Å². The van der Waals surface area contributed by atoms with Crippen LogP contribution in [0, 0.1) is 6.92 Å². The third-order valence-electron chi connectivity index (χ3n) is 4.92. The van der Waals surface area contributed by atoms with Gasteiger partial charge in [0.05, 0.1) is 13.2 Å². The molecule has 0 N–H and O–H groups in total. The zero-order chi connectivity index (χ0) is 17.4. The highest BCUT2D eigenvalue weighted by atomic mass is 16.5. The van der Waals surface area contributed by atoms with Crippen LogP contribution < -0.4 is 4.74 Å². The minimum Gasteiger partial charge on any atom is -0.497 e. The highest BCUT2D eigenvalue weighted by Crippen LogP contribution is 2.35. The zero-order valence-corrected chi connectivity index (χ0v) is 14.4. The summed E-state index contributed by atoms with van der Waals surface area (Å²) in [6.07, 6.45) is 5.52. The largest absolute Gasteiger partial charge is 0.497 e. The SMILES string of the molecule is COc1ccc2c(C)c(C(=O)N3CCC[C@@H]3c3cccnc3)oc2c1. The minimum atomic E-state index is -0.0565. The number of fused-ring (bicyclic) bond motifs is 1. The molecule has 5 nitrogen and oxygen atoms in total. The molecule has 0 saturated carbocycles. The molecule has 1 saturated heterocycles. The molecule has 0 spiro atoms. The van der Waals surface area contributed by atoms with Gasteiger partial charge >= 0.3 is 0 Å². The van der Waals surface area contributed by atoms with E-state index >= 15 is 0 Å². The quantitative estimate of drug-likeness (QED) is 0.722. The molecule has 1 aliphatic heterocycles. The second-order valence-corrected chi connectivity index (χ2v) is 6.36. The fourth-order valence-corrected chi connectivity index (χ4v) is 3.60. The van der Waals surface area contributed by atoms with E-state index in [-0.39, 0.29) is 11.9 Å². The van der Waals surface area contributed by atoms with E-state index in [0.29, 0.717) is 11.3 Å². The zero-order valence-electron chi connectivity index (χ0n) is 14.4. The van der Waals surface area contributed by atoms with Crippen LogP contribution in [0.3, 0.4) is 0 Å². The van der Waals surface area contributed by atoms with Crippen molar-refractivity contribution in [1.29, 1.82) is 0 Å². The number of carbonyl (C=O) groups excluding carboxylic acids is 1. The molecule has 1 aliphatic rings. The van der Waals surface area contributed by atoms with Crippen molar-refractivity contribution in [3.05, 3.63) is 59.6 Å². The molecular formula is C20H20N2O3. The van der Waals surface area contributed by atoms with Gasteiger partial charge in [0, 0.05) is 36.0 Å². The van der Waals surface area contributed by atoms with Crippen molar-refractivity contribution in [2.45, 2.75) is 25.8 Å². The van der Waals surface area contributed by atoms with Crippen molar-refractivity contribution in [2.24, 2.45) is 0 Å². The molecule has 3 aromatic rings. The number of furan rings is 1. The molecule has 0 aliphatic carbocycles. The van der Waals surface area contributed by atoms with Crippen LogP contribution in [0.2, 0.25) is 0 Å². The number of aromatic nitrogens is 1. The number of amides is 1. The fourth-order valence-electron chi connectivity index (χ4n) is 3.60. The Kier molecular flexibility index (Phi) is 3.92. The standard InChI is InChI=1S/C20H20N2O3/c1-13-16-8-7-15(24-2)11-18(16)25-19(13)20(23)22-10-4-6-17(22)14-5-3-9-21-12-14/h3,5,7-9,11-12,17H,4,6,10H2,1-2H3/t17-/m1/s1. The smallest absolute Gasteiger partial charge is 0.290 e. The number of carbonyl (C=O) groups is 1. The van der Waals surface area contributed by atoms with Crippen molar-refractivity contribution in [3.8, 4) is 5.75 Å². The summed E-state index contributed by atoms with van der Waals surface area (Å²) in [7, 11) is 1.62. The normalized spacial score (nSPS) is 17.2. The summed E-state index contributed by atoms with van der Waals surface area (Å²) >= 11 is 0. The molecule has 1 atom stereocenters. The number of benzene rings is 1. The van der Waals surface area contributed by atoms with Crippen LogP contribution in [0.1, 0.15) is 40.6 Å². The van der Waals surface area contributed by atoms with Crippen molar-refractivity contribution >= 4 is 16.9 Å². The first-order valence-electron chi connectivity index (χ1n) is 8.47. The van der Waals surface area contributed by atoms with Crippen LogP contribution in [0.4, 0.5) is 0 Å². The number of likely N-dealkylation sites (tertiary alicyclic amines) is 1. The lowest BCUT2D eigenvalue weighted by atomic mass is 10.1. The summed E-state index contributed by atoms with van der Waals surface area (Å²) in [6, 6.07) is 9.64. The summed E-state index contributed by atoms with van der Waals surface area (Å²) in [4.78, 5) is 19.2. The Balaban J connectivity index is 1.70. The predicted octanol–water partition coefficient (Wildman–Crippen LogP) is 4.12. The number of methoxy groups -OCH3 is 1. The van der Waals surface area contributed by atoms with E-state index in [1.807, 2.05) is 48.4 Å². The first-order valence-corrected chi connectivity index (χ1v) is 8.47. The first kappa shape index (κ1) is 15.7. The predicted molar refractivity (Wildman–Crippen MR) is 94.8 cm³/mol. The van der Waals surface area contributed by atoms with Crippen LogP contribution in [-0.2, 0) is 0 Å². The Morgan fingerprint density at radius 1 is 1.36 bits per heavy atom. The van der Waals surface area contributed by atoms with Gasteiger partial charge in [-0.05, 0) is 43.5 Å². The molecule has 1 aromatic carbocycles. The lowest BCUT2D eigenvalue weighted by Crippen LogP contribution is -2.30. The maximum Gasteiger partial charge on any atom is 0.290 e. The molecule has 2 aromatic heterocycles. The molecule has 4 rings (SSSR count). The third-order valence-corrected chi connectivity index (χ3v) is 4.92. The summed E-state index contributed by atoms with van der Waals surface area (Å²) < 4.78 is 11.2. The number of hydrogen-bond donors (Lipinski definition) is 0. The van der Waals surface area contributed by atoms with E-state index in [9.17, 15) is 4.79 Å². The molecule has 5 heteroatoms. The average Bonchev–Trinajstić information content (AvgIpc) is 3.27. The third kappa shape index (κ3) is 2.65. The number of aryl methyl sites for hydroxylation is 1. The van der Waals surface area contributed by atoms with Gasteiger partial charge in [0.1, 0.15) is 11.3 Å². The summed E-state index contributed by atoms with van der Waals surface area (Å²) in [6.45, 7) is 2.67. The Morgan fingerprint density at radius 2 is 2.24 bits per heavy atom. The van der Waals surface area contributed by atoms with E-state index in [1.165, 1.54) is 0 Å². The number of pyridine rings is 1. The maximum atomic E-state index is 13.2. The average molecular weight is 336 g/mol. The van der Waals surface area contributed by atoms with Crippen molar-refractivity contribution in [3.63, 3.8) is 0 Å². The molecule has 1 fully saturated rings. The summed E-state index contributed by atoms with van der Waals surface area (Å²) in [5, 5.41) is 0.946. The van der Waals surface area contributed by atoms with Gasteiger partial charge in [-0.1, -0.05) is 6.07 Å². The molecule has 3 heterocycles. The monoisotopic (exact) mass is 336 g/mol. The number of rotatable bonds is 3. The molecule has 0 bridgehead atoms. The van der Waals surface area contributed by atoms with E-state index in [0.717, 1.165) is 41.6 Å². The Morgan fingerprint density at radius 3 is 3.00 bits per heavy atom. The summed E-state index contributed by atoms with van der Waals surface area (Å²) in [5.74, 6) is 1.08. The number of nitrogens with zero attached hydrogens (tertiary/aromatic N) is 2. The van der Waals surface area contributed by atoms with Crippen LogP contribution >= 0.6 is 0 Å². The maximum absolute atomic E-state index is 13.2. The topological polar surface area (TPSA) is 55.6 Å². The lowest BCUT2D eigenvalue weighted by molar-refractivity contribution is 0.0704. The van der Waals surface area contributed by atoms with Crippen molar-refractivity contribution < 1.29 is 13.9 Å². The van der Waals surface area contributed by atoms with E-state index in [4.69, 9.17) is 9.15 Å². The van der Waals surface area contributed by atoms with Gasteiger partial charge < -0.3 is 14.1 Å². The molecular weight excluding hydrogens is 316 g/mol. The lowest BCUT2D eigenvalue weighted by Gasteiger charge is -2.24. The van der Waals surface area contributed by atoms with Gasteiger partial charge in [0.25, 0.3) is 5.91 Å². The second-order valence-electron chi connectivity index (χ2n) is 6.36. The molecule has 25 heavy (non-hydrogen) atoms. The van der Waals surface area contributed by atoms with Gasteiger partial charge in [0.15, 0.2) is 5.76 Å². The van der Waals surface area contributed by atoms with Gasteiger partial charge in [-0.3, -0.25) is 9.78 Å². The van der Waals surface area contributed by atoms with Gasteiger partial charge in [-0.2, -0.15) is 0 Å². The highest BCUT2D eigenvalue weighted by Gasteiger charge is 2.33. The Bertz CT molecular complexity index is 917. The fraction of sp³-hybridized carbons (Fsp3) is 0.300. The molecule has 0 radical (unpaired) electrons. The number of hydrogen-bond acceptors (Lipinski definition) is 4. The van der Waals surface area contributed by atoms with Crippen molar-refractivity contribution in [2.75, 3.05) is 13.7 Å². The van der Waals surface area contributed by atoms with Crippen LogP contribution in [0.25, 0.3) is 11.0 Å². The minimum absolute atomic E-state index is 0.0565. The highest BCUT2D eigenvalue weighted by molar-refractivity contribution is 5.99. The van der Waals surface area contributed by atoms with E-state index < -0.39 is 0 Å². The molecule has 128 valence electrons. The van der Waals surface area contributed by atoms with Gasteiger partial charge in [0.2, 0.25) is 0 Å². The van der Waals surface area contributed by atoms with Gasteiger partial charge in [-0.15, -0.1) is 0 Å². The van der Waals surface area contributed by atoms with Crippen LogP contribution in [0.5, 0.6) is 5.75 Å². The van der Waals surface area contributed by atoms with E-state index in [2.05, 4.69) is 4.98 Å². The van der Waals surface area contributed by atoms with Crippen LogP contribution in [-0.4, -0.2) is 29.4 Å². The van der Waals surface area contributed by atoms with Crippen molar-refractivity contribution in [1.82, 2.24) is 9.88 Å². The first-order chi connectivity index (χ1) is 12.2. The van der Waals surface area contributed by atoms with Gasteiger partial charge in [-0.25, -0.2) is 0 Å². The second kappa shape index (κ2) is 6.24. The Labute approximate surface area is 146 Å².